The molecular weight excluding hydrogens is 296 g/mol. The number of aromatic hydroxyl groups is 1. The highest BCUT2D eigenvalue weighted by Gasteiger charge is 2.12. The van der Waals surface area contributed by atoms with Crippen LogP contribution < -0.4 is 0 Å². The summed E-state index contributed by atoms with van der Waals surface area (Å²) in [7, 11) is 0. The molecule has 2 rings (SSSR count). The molecule has 0 radical (unpaired) electrons. The summed E-state index contributed by atoms with van der Waals surface area (Å²) in [4.78, 5) is 9.03. The Morgan fingerprint density at radius 3 is 2.12 bits per heavy atom. The molecule has 0 atom stereocenters. The Kier molecular flexibility index (Phi) is 6.30. The predicted octanol–water partition coefficient (Wildman–Crippen LogP) is 5.46. The Morgan fingerprint density at radius 2 is 1.54 bits per heavy atom. The van der Waals surface area contributed by atoms with E-state index in [4.69, 9.17) is 4.99 Å². The molecule has 24 heavy (non-hydrogen) atoms. The van der Waals surface area contributed by atoms with E-state index >= 15 is 0 Å². The molecule has 0 fully saturated rings. The molecule has 0 heterocycles. The zero-order chi connectivity index (χ0) is 17.5. The van der Waals surface area contributed by atoms with Gasteiger partial charge < -0.3 is 5.11 Å². The van der Waals surface area contributed by atoms with Gasteiger partial charge in [-0.2, -0.15) is 0 Å². The van der Waals surface area contributed by atoms with Gasteiger partial charge in [0.05, 0.1) is 12.2 Å². The van der Waals surface area contributed by atoms with Crippen molar-refractivity contribution in [3.63, 3.8) is 0 Å². The van der Waals surface area contributed by atoms with E-state index in [2.05, 4.69) is 50.9 Å². The summed E-state index contributed by atoms with van der Waals surface area (Å²) in [5.74, 6) is 1.10. The lowest BCUT2D eigenvalue weighted by atomic mass is 9.93. The predicted molar refractivity (Wildman–Crippen MR) is 103 cm³/mol. The Hall–Kier alpha value is -2.42. The SMILES string of the molecule is CC(C)c1cccc(C(C)C)c1N=CCN=Cc1ccccc1O. The largest absolute Gasteiger partial charge is 0.507 e. The smallest absolute Gasteiger partial charge is 0.124 e. The minimum Gasteiger partial charge on any atom is -0.507 e. The van der Waals surface area contributed by atoms with Crippen LogP contribution in [0.4, 0.5) is 5.69 Å². The number of nitrogens with zero attached hydrogens (tertiary/aromatic N) is 2. The van der Waals surface area contributed by atoms with E-state index in [9.17, 15) is 5.11 Å². The third-order valence-electron chi connectivity index (χ3n) is 3.92. The van der Waals surface area contributed by atoms with E-state index in [0.29, 0.717) is 18.4 Å². The molecule has 0 spiro atoms. The second-order valence-electron chi connectivity index (χ2n) is 6.46. The van der Waals surface area contributed by atoms with Gasteiger partial charge in [-0.1, -0.05) is 58.0 Å². The third-order valence-corrected chi connectivity index (χ3v) is 3.92. The fourth-order valence-corrected chi connectivity index (χ4v) is 2.59. The summed E-state index contributed by atoms with van der Waals surface area (Å²) < 4.78 is 0. The van der Waals surface area contributed by atoms with Gasteiger partial charge in [0, 0.05) is 18.0 Å². The van der Waals surface area contributed by atoms with Crippen molar-refractivity contribution in [2.24, 2.45) is 9.98 Å². The maximum absolute atomic E-state index is 9.72. The number of benzene rings is 2. The molecule has 3 heteroatoms. The van der Waals surface area contributed by atoms with Crippen LogP contribution in [0, 0.1) is 0 Å². The van der Waals surface area contributed by atoms with Gasteiger partial charge in [-0.3, -0.25) is 9.98 Å². The van der Waals surface area contributed by atoms with Gasteiger partial charge >= 0.3 is 0 Å². The highest BCUT2D eigenvalue weighted by molar-refractivity contribution is 5.84. The summed E-state index contributed by atoms with van der Waals surface area (Å²) in [6, 6.07) is 13.6. The van der Waals surface area contributed by atoms with Crippen molar-refractivity contribution in [1.29, 1.82) is 0 Å². The van der Waals surface area contributed by atoms with Crippen LogP contribution in [0.3, 0.4) is 0 Å². The molecule has 3 nitrogen and oxygen atoms in total. The molecular formula is C21H26N2O. The van der Waals surface area contributed by atoms with Crippen molar-refractivity contribution in [3.05, 3.63) is 59.2 Å². The van der Waals surface area contributed by atoms with Gasteiger partial charge in [0.2, 0.25) is 0 Å². The average molecular weight is 322 g/mol. The van der Waals surface area contributed by atoms with Gasteiger partial charge in [-0.05, 0) is 35.1 Å². The molecule has 126 valence electrons. The zero-order valence-corrected chi connectivity index (χ0v) is 14.9. The van der Waals surface area contributed by atoms with Crippen molar-refractivity contribution in [1.82, 2.24) is 0 Å². The normalized spacial score (nSPS) is 12.1. The molecule has 0 aliphatic rings. The van der Waals surface area contributed by atoms with E-state index in [1.54, 1.807) is 18.3 Å². The molecule has 0 aliphatic carbocycles. The second kappa shape index (κ2) is 8.44. The molecule has 2 aromatic rings. The molecule has 0 saturated heterocycles. The summed E-state index contributed by atoms with van der Waals surface area (Å²) >= 11 is 0. The fraction of sp³-hybridized carbons (Fsp3) is 0.333. The molecule has 0 amide bonds. The number of rotatable bonds is 6. The molecule has 1 N–H and O–H groups in total. The van der Waals surface area contributed by atoms with Crippen LogP contribution in [0.5, 0.6) is 5.75 Å². The molecule has 0 unspecified atom stereocenters. The molecule has 0 saturated carbocycles. The molecule has 2 aromatic carbocycles. The lowest BCUT2D eigenvalue weighted by Crippen LogP contribution is -1.96. The monoisotopic (exact) mass is 322 g/mol. The van der Waals surface area contributed by atoms with Gasteiger partial charge in [-0.25, -0.2) is 0 Å². The van der Waals surface area contributed by atoms with Crippen LogP contribution in [0.2, 0.25) is 0 Å². The average Bonchev–Trinajstić information content (AvgIpc) is 2.55. The van der Waals surface area contributed by atoms with Crippen molar-refractivity contribution < 1.29 is 5.11 Å². The summed E-state index contributed by atoms with van der Waals surface area (Å²) in [5, 5.41) is 9.72. The van der Waals surface area contributed by atoms with Crippen molar-refractivity contribution >= 4 is 18.1 Å². The van der Waals surface area contributed by atoms with Crippen LogP contribution in [0.15, 0.2) is 52.4 Å². The number of aliphatic imine (C=N–C) groups is 2. The van der Waals surface area contributed by atoms with E-state index in [1.807, 2.05) is 18.3 Å². The van der Waals surface area contributed by atoms with Crippen molar-refractivity contribution in [2.45, 2.75) is 39.5 Å². The standard InChI is InChI=1S/C21H26N2O/c1-15(2)18-9-7-10-19(16(3)4)21(18)23-13-12-22-14-17-8-5-6-11-20(17)24/h5-11,13-16,24H,12H2,1-4H3. The van der Waals surface area contributed by atoms with E-state index < -0.39 is 0 Å². The Balaban J connectivity index is 2.15. The van der Waals surface area contributed by atoms with Crippen molar-refractivity contribution in [3.8, 4) is 5.75 Å². The topological polar surface area (TPSA) is 45.0 Å². The maximum Gasteiger partial charge on any atom is 0.124 e. The quantitative estimate of drug-likeness (QED) is 0.705. The van der Waals surface area contributed by atoms with Crippen LogP contribution in [-0.2, 0) is 0 Å². The molecule has 0 aromatic heterocycles. The van der Waals surface area contributed by atoms with Crippen LogP contribution >= 0.6 is 0 Å². The maximum atomic E-state index is 9.72. The Bertz CT molecular complexity index is 704. The zero-order valence-electron chi connectivity index (χ0n) is 14.9. The third kappa shape index (κ3) is 4.54. The summed E-state index contributed by atoms with van der Waals surface area (Å²) in [6.07, 6.45) is 3.52. The van der Waals surface area contributed by atoms with Crippen LogP contribution in [0.25, 0.3) is 0 Å². The Labute approximate surface area is 144 Å². The lowest BCUT2D eigenvalue weighted by molar-refractivity contribution is 0.474. The number of para-hydroxylation sites is 2. The minimum absolute atomic E-state index is 0.241. The number of hydrogen-bond donors (Lipinski definition) is 1. The Morgan fingerprint density at radius 1 is 0.917 bits per heavy atom. The van der Waals surface area contributed by atoms with E-state index in [0.717, 1.165) is 11.3 Å². The molecule has 0 aliphatic heterocycles. The van der Waals surface area contributed by atoms with Crippen LogP contribution in [-0.4, -0.2) is 24.1 Å². The van der Waals surface area contributed by atoms with Gasteiger partial charge in [0.15, 0.2) is 0 Å². The number of phenols is 1. The first kappa shape index (κ1) is 17.9. The first-order chi connectivity index (χ1) is 11.5. The minimum atomic E-state index is 0.241. The van der Waals surface area contributed by atoms with Gasteiger partial charge in [-0.15, -0.1) is 0 Å². The first-order valence-corrected chi connectivity index (χ1v) is 8.43. The fourth-order valence-electron chi connectivity index (χ4n) is 2.59. The van der Waals surface area contributed by atoms with E-state index in [-0.39, 0.29) is 5.75 Å². The lowest BCUT2D eigenvalue weighted by Gasteiger charge is -2.16. The first-order valence-electron chi connectivity index (χ1n) is 8.43. The highest BCUT2D eigenvalue weighted by Crippen LogP contribution is 2.34. The number of hydrogen-bond acceptors (Lipinski definition) is 3. The highest BCUT2D eigenvalue weighted by atomic mass is 16.3. The summed E-state index contributed by atoms with van der Waals surface area (Å²) in [6.45, 7) is 9.24. The molecule has 0 bridgehead atoms. The van der Waals surface area contributed by atoms with Gasteiger partial charge in [0.25, 0.3) is 0 Å². The summed E-state index contributed by atoms with van der Waals surface area (Å²) in [5.41, 5.74) is 4.32. The van der Waals surface area contributed by atoms with Crippen molar-refractivity contribution in [2.75, 3.05) is 6.54 Å². The van der Waals surface area contributed by atoms with E-state index in [1.165, 1.54) is 11.1 Å². The van der Waals surface area contributed by atoms with Gasteiger partial charge in [0.1, 0.15) is 5.75 Å². The number of phenolic OH excluding ortho intramolecular Hbond substituents is 1. The van der Waals surface area contributed by atoms with Crippen LogP contribution in [0.1, 0.15) is 56.2 Å². The second-order valence-corrected chi connectivity index (χ2v) is 6.46.